The first-order chi connectivity index (χ1) is 39.5. The number of esters is 3. The van der Waals surface area contributed by atoms with Crippen molar-refractivity contribution in [3.63, 3.8) is 0 Å². The Bertz CT molecular complexity index is 1380. The van der Waals surface area contributed by atoms with Crippen LogP contribution in [0.2, 0.25) is 0 Å². The molecule has 0 N–H and O–H groups in total. The standard InChI is InChI=1S/C74H136O6/c1-4-7-10-13-16-19-21-23-25-27-29-31-33-35-36-37-38-39-41-42-44-46-48-50-52-55-58-61-64-67-73(76)79-70-71(69-78-72(75)66-63-60-57-54-18-15-12-9-6-3)80-74(77)68-65-62-59-56-53-51-49-47-45-43-40-34-32-30-28-26-24-22-20-17-14-11-8-5-2/h7,10,16,19,23,25,29,31,71H,4-6,8-9,11-15,17-18,20-22,24,26-28,30,32-70H2,1-3H3/b10-7-,19-16-,25-23-,31-29-. The van der Waals surface area contributed by atoms with Crippen LogP contribution in [0.4, 0.5) is 0 Å². The second-order valence-electron chi connectivity index (χ2n) is 24.1. The smallest absolute Gasteiger partial charge is 0.306 e. The molecular formula is C74H136O6. The van der Waals surface area contributed by atoms with Crippen LogP contribution in [0.1, 0.15) is 387 Å². The minimum Gasteiger partial charge on any atom is -0.462 e. The van der Waals surface area contributed by atoms with E-state index in [0.717, 1.165) is 83.5 Å². The molecule has 1 unspecified atom stereocenters. The van der Waals surface area contributed by atoms with Gasteiger partial charge in [-0.3, -0.25) is 14.4 Å². The summed E-state index contributed by atoms with van der Waals surface area (Å²) in [7, 11) is 0. The van der Waals surface area contributed by atoms with E-state index in [1.165, 1.54) is 263 Å². The fourth-order valence-corrected chi connectivity index (χ4v) is 10.8. The lowest BCUT2D eigenvalue weighted by molar-refractivity contribution is -0.167. The quantitative estimate of drug-likeness (QED) is 0.0261. The van der Waals surface area contributed by atoms with Crippen molar-refractivity contribution in [2.45, 2.75) is 393 Å². The third-order valence-corrected chi connectivity index (χ3v) is 16.1. The maximum atomic E-state index is 12.9. The van der Waals surface area contributed by atoms with Gasteiger partial charge in [0, 0.05) is 19.3 Å². The molecule has 0 rings (SSSR count). The first kappa shape index (κ1) is 77.4. The summed E-state index contributed by atoms with van der Waals surface area (Å²) in [5, 5.41) is 0. The Labute approximate surface area is 498 Å². The van der Waals surface area contributed by atoms with E-state index in [9.17, 15) is 14.4 Å². The highest BCUT2D eigenvalue weighted by molar-refractivity contribution is 5.71. The van der Waals surface area contributed by atoms with Gasteiger partial charge in [-0.1, -0.05) is 358 Å². The van der Waals surface area contributed by atoms with Crippen LogP contribution in [-0.4, -0.2) is 37.2 Å². The van der Waals surface area contributed by atoms with Gasteiger partial charge in [0.25, 0.3) is 0 Å². The zero-order chi connectivity index (χ0) is 57.8. The van der Waals surface area contributed by atoms with Crippen molar-refractivity contribution >= 4 is 17.9 Å². The normalized spacial score (nSPS) is 12.3. The molecule has 0 heterocycles. The van der Waals surface area contributed by atoms with Crippen LogP contribution in [-0.2, 0) is 28.6 Å². The number of ether oxygens (including phenoxy) is 3. The van der Waals surface area contributed by atoms with Crippen molar-refractivity contribution in [2.24, 2.45) is 0 Å². The summed E-state index contributed by atoms with van der Waals surface area (Å²) < 4.78 is 16.9. The average Bonchev–Trinajstić information content (AvgIpc) is 3.46. The fourth-order valence-electron chi connectivity index (χ4n) is 10.8. The summed E-state index contributed by atoms with van der Waals surface area (Å²) in [5.41, 5.74) is 0. The molecule has 468 valence electrons. The van der Waals surface area contributed by atoms with Gasteiger partial charge in [0.05, 0.1) is 0 Å². The van der Waals surface area contributed by atoms with Crippen molar-refractivity contribution in [1.29, 1.82) is 0 Å². The molecule has 0 aliphatic rings. The summed E-state index contributed by atoms with van der Waals surface area (Å²) in [6.07, 6.45) is 87.3. The third kappa shape index (κ3) is 66.2. The van der Waals surface area contributed by atoms with Crippen LogP contribution in [0, 0.1) is 0 Å². The van der Waals surface area contributed by atoms with Crippen molar-refractivity contribution in [2.75, 3.05) is 13.2 Å². The zero-order valence-electron chi connectivity index (χ0n) is 53.9. The summed E-state index contributed by atoms with van der Waals surface area (Å²) in [6, 6.07) is 0. The van der Waals surface area contributed by atoms with Gasteiger partial charge in [0.1, 0.15) is 13.2 Å². The molecule has 0 aromatic carbocycles. The molecule has 0 amide bonds. The molecular weight excluding hydrogens is 985 g/mol. The topological polar surface area (TPSA) is 78.9 Å². The molecule has 6 nitrogen and oxygen atoms in total. The molecule has 0 aliphatic heterocycles. The van der Waals surface area contributed by atoms with Gasteiger partial charge >= 0.3 is 17.9 Å². The van der Waals surface area contributed by atoms with Gasteiger partial charge in [-0.05, 0) is 57.8 Å². The highest BCUT2D eigenvalue weighted by Crippen LogP contribution is 2.19. The Morgan fingerprint density at radius 3 is 0.762 bits per heavy atom. The molecule has 6 heteroatoms. The first-order valence-electron chi connectivity index (χ1n) is 35.6. The Morgan fingerprint density at radius 1 is 0.263 bits per heavy atom. The molecule has 1 atom stereocenters. The summed E-state index contributed by atoms with van der Waals surface area (Å²) in [4.78, 5) is 38.3. The van der Waals surface area contributed by atoms with Gasteiger partial charge in [-0.15, -0.1) is 0 Å². The van der Waals surface area contributed by atoms with E-state index in [-0.39, 0.29) is 31.1 Å². The molecule has 0 fully saturated rings. The Morgan fingerprint density at radius 2 is 0.487 bits per heavy atom. The summed E-state index contributed by atoms with van der Waals surface area (Å²) in [5.74, 6) is -0.840. The Balaban J connectivity index is 4.09. The van der Waals surface area contributed by atoms with Crippen molar-refractivity contribution in [1.82, 2.24) is 0 Å². The molecule has 80 heavy (non-hydrogen) atoms. The maximum Gasteiger partial charge on any atom is 0.306 e. The lowest BCUT2D eigenvalue weighted by Crippen LogP contribution is -2.30. The van der Waals surface area contributed by atoms with Crippen LogP contribution in [0.5, 0.6) is 0 Å². The van der Waals surface area contributed by atoms with E-state index in [4.69, 9.17) is 14.2 Å². The SMILES string of the molecule is CC/C=C\C/C=C\C/C=C\C/C=C\CCCCCCCCCCCCCCCCCCC(=O)OCC(COC(=O)CCCCCCCCCCC)OC(=O)CCCCCCCCCCCCCCCCCCCCCCCCCC. The van der Waals surface area contributed by atoms with E-state index in [1.54, 1.807) is 0 Å². The fraction of sp³-hybridized carbons (Fsp3) is 0.851. The van der Waals surface area contributed by atoms with Gasteiger partial charge in [0.2, 0.25) is 0 Å². The summed E-state index contributed by atoms with van der Waals surface area (Å²) >= 11 is 0. The van der Waals surface area contributed by atoms with Gasteiger partial charge < -0.3 is 14.2 Å². The van der Waals surface area contributed by atoms with Crippen LogP contribution in [0.3, 0.4) is 0 Å². The average molecular weight is 1120 g/mol. The predicted molar refractivity (Wildman–Crippen MR) is 349 cm³/mol. The van der Waals surface area contributed by atoms with E-state index in [1.807, 2.05) is 0 Å². The predicted octanol–water partition coefficient (Wildman–Crippen LogP) is 24.5. The molecule has 0 saturated carbocycles. The number of allylic oxidation sites excluding steroid dienone is 8. The highest BCUT2D eigenvalue weighted by atomic mass is 16.6. The largest absolute Gasteiger partial charge is 0.462 e. The van der Waals surface area contributed by atoms with Gasteiger partial charge in [0.15, 0.2) is 6.10 Å². The van der Waals surface area contributed by atoms with Gasteiger partial charge in [-0.2, -0.15) is 0 Å². The second-order valence-corrected chi connectivity index (χ2v) is 24.1. The zero-order valence-corrected chi connectivity index (χ0v) is 53.9. The van der Waals surface area contributed by atoms with Crippen molar-refractivity contribution in [3.05, 3.63) is 48.6 Å². The molecule has 0 spiro atoms. The summed E-state index contributed by atoms with van der Waals surface area (Å²) in [6.45, 7) is 6.58. The maximum absolute atomic E-state index is 12.9. The number of carbonyl (C=O) groups excluding carboxylic acids is 3. The third-order valence-electron chi connectivity index (χ3n) is 16.1. The Hall–Kier alpha value is -2.63. The lowest BCUT2D eigenvalue weighted by atomic mass is 10.0. The van der Waals surface area contributed by atoms with Gasteiger partial charge in [-0.25, -0.2) is 0 Å². The van der Waals surface area contributed by atoms with Crippen LogP contribution in [0.15, 0.2) is 48.6 Å². The number of rotatable bonds is 66. The molecule has 0 bridgehead atoms. The number of carbonyl (C=O) groups is 3. The van der Waals surface area contributed by atoms with Crippen molar-refractivity contribution in [3.8, 4) is 0 Å². The minimum atomic E-state index is -0.768. The highest BCUT2D eigenvalue weighted by Gasteiger charge is 2.19. The van der Waals surface area contributed by atoms with E-state index < -0.39 is 6.10 Å². The van der Waals surface area contributed by atoms with Crippen LogP contribution in [0.25, 0.3) is 0 Å². The monoisotopic (exact) mass is 1120 g/mol. The van der Waals surface area contributed by atoms with Crippen LogP contribution >= 0.6 is 0 Å². The number of unbranched alkanes of at least 4 members (excludes halogenated alkanes) is 47. The molecule has 0 saturated heterocycles. The number of hydrogen-bond acceptors (Lipinski definition) is 6. The van der Waals surface area contributed by atoms with E-state index >= 15 is 0 Å². The number of hydrogen-bond donors (Lipinski definition) is 0. The minimum absolute atomic E-state index is 0.0661. The first-order valence-corrected chi connectivity index (χ1v) is 35.6. The molecule has 0 aromatic rings. The van der Waals surface area contributed by atoms with Crippen molar-refractivity contribution < 1.29 is 28.6 Å². The second kappa shape index (κ2) is 68.9. The molecule has 0 radical (unpaired) electrons. The lowest BCUT2D eigenvalue weighted by Gasteiger charge is -2.18. The molecule has 0 aromatic heterocycles. The Kier molecular flexibility index (Phi) is 66.6. The van der Waals surface area contributed by atoms with E-state index in [2.05, 4.69) is 69.4 Å². The molecule has 0 aliphatic carbocycles. The van der Waals surface area contributed by atoms with Crippen LogP contribution < -0.4 is 0 Å². The van der Waals surface area contributed by atoms with E-state index in [0.29, 0.717) is 19.3 Å².